The van der Waals surface area contributed by atoms with Gasteiger partial charge in [-0.3, -0.25) is 14.3 Å². The highest BCUT2D eigenvalue weighted by atomic mass is 32.2. The van der Waals surface area contributed by atoms with Crippen LogP contribution < -0.4 is 10.9 Å². The first kappa shape index (κ1) is 24.0. The van der Waals surface area contributed by atoms with E-state index >= 15 is 0 Å². The van der Waals surface area contributed by atoms with Gasteiger partial charge >= 0.3 is 0 Å². The van der Waals surface area contributed by atoms with Crippen LogP contribution in [0.3, 0.4) is 0 Å². The Balaban J connectivity index is 1.40. The number of nitrogens with zero attached hydrogens (tertiary/aromatic N) is 7. The van der Waals surface area contributed by atoms with Crippen molar-refractivity contribution in [2.75, 3.05) is 11.1 Å². The Morgan fingerprint density at radius 3 is 2.62 bits per heavy atom. The van der Waals surface area contributed by atoms with Crippen LogP contribution in [0.25, 0.3) is 22.6 Å². The highest BCUT2D eigenvalue weighted by Gasteiger charge is 2.33. The van der Waals surface area contributed by atoms with E-state index in [9.17, 15) is 4.79 Å². The van der Waals surface area contributed by atoms with Crippen LogP contribution in [0.4, 0.5) is 5.82 Å². The maximum Gasteiger partial charge on any atom is 0.295 e. The zero-order valence-electron chi connectivity index (χ0n) is 21.3. The molecular formula is C27H30N8OS. The number of hydrogen-bond donors (Lipinski definition) is 1. The minimum atomic E-state index is -0.181. The summed E-state index contributed by atoms with van der Waals surface area (Å²) in [4.78, 5) is 42.6. The molecule has 4 aromatic heterocycles. The number of thioether (sulfide) groups is 1. The Morgan fingerprint density at radius 1 is 1.08 bits per heavy atom. The predicted molar refractivity (Wildman–Crippen MR) is 145 cm³/mol. The predicted octanol–water partition coefficient (Wildman–Crippen LogP) is 4.92. The molecule has 2 fully saturated rings. The van der Waals surface area contributed by atoms with Gasteiger partial charge in [0.15, 0.2) is 17.1 Å². The van der Waals surface area contributed by atoms with E-state index in [2.05, 4.69) is 50.2 Å². The van der Waals surface area contributed by atoms with E-state index in [-0.39, 0.29) is 17.4 Å². The fourth-order valence-corrected chi connectivity index (χ4v) is 5.42. The van der Waals surface area contributed by atoms with Crippen molar-refractivity contribution < 1.29 is 0 Å². The number of nitrogens with one attached hydrogen (secondary N) is 1. The minimum absolute atomic E-state index is 0.00241. The van der Waals surface area contributed by atoms with Crippen LogP contribution in [0, 0.1) is 12.8 Å². The third-order valence-corrected chi connectivity index (χ3v) is 8.01. The van der Waals surface area contributed by atoms with Crippen LogP contribution >= 0.6 is 11.8 Å². The molecule has 37 heavy (non-hydrogen) atoms. The summed E-state index contributed by atoms with van der Waals surface area (Å²) in [6.45, 7) is 6.58. The Hall–Kier alpha value is -3.40. The summed E-state index contributed by atoms with van der Waals surface area (Å²) in [5.41, 5.74) is 5.14. The van der Waals surface area contributed by atoms with Gasteiger partial charge in [0, 0.05) is 28.6 Å². The van der Waals surface area contributed by atoms with Gasteiger partial charge in [0.1, 0.15) is 6.33 Å². The fraction of sp³-hybridized carbons (Fsp3) is 0.444. The van der Waals surface area contributed by atoms with E-state index < -0.39 is 0 Å². The summed E-state index contributed by atoms with van der Waals surface area (Å²) in [5, 5.41) is 3.21. The molecule has 4 heterocycles. The second kappa shape index (κ2) is 9.81. The highest BCUT2D eigenvalue weighted by Crippen LogP contribution is 2.44. The number of aromatic nitrogens is 7. The van der Waals surface area contributed by atoms with Gasteiger partial charge in [-0.2, -0.15) is 0 Å². The van der Waals surface area contributed by atoms with Gasteiger partial charge in [0.25, 0.3) is 5.56 Å². The lowest BCUT2D eigenvalue weighted by Gasteiger charge is -2.19. The smallest absolute Gasteiger partial charge is 0.295 e. The zero-order valence-corrected chi connectivity index (χ0v) is 22.1. The van der Waals surface area contributed by atoms with E-state index in [0.29, 0.717) is 35.4 Å². The molecule has 0 amide bonds. The summed E-state index contributed by atoms with van der Waals surface area (Å²) in [5.74, 6) is 2.17. The molecule has 4 aromatic rings. The van der Waals surface area contributed by atoms with Crippen molar-refractivity contribution in [1.29, 1.82) is 0 Å². The molecule has 0 bridgehead atoms. The van der Waals surface area contributed by atoms with E-state index in [0.717, 1.165) is 59.0 Å². The molecule has 2 aliphatic carbocycles. The van der Waals surface area contributed by atoms with Crippen molar-refractivity contribution in [2.24, 2.45) is 5.92 Å². The number of anilines is 1. The first-order valence-electron chi connectivity index (χ1n) is 13.0. The van der Waals surface area contributed by atoms with Crippen LogP contribution in [0.1, 0.15) is 68.6 Å². The van der Waals surface area contributed by atoms with Gasteiger partial charge < -0.3 is 5.32 Å². The summed E-state index contributed by atoms with van der Waals surface area (Å²) < 4.78 is 1.78. The molecule has 0 radical (unpaired) electrons. The summed E-state index contributed by atoms with van der Waals surface area (Å²) in [7, 11) is 0. The molecule has 0 aromatic carbocycles. The Morgan fingerprint density at radius 2 is 1.92 bits per heavy atom. The van der Waals surface area contributed by atoms with E-state index in [1.54, 1.807) is 28.9 Å². The number of aryl methyl sites for hydroxylation is 1. The molecular weight excluding hydrogens is 484 g/mol. The number of pyridine rings is 1. The Bertz CT molecular complexity index is 1510. The van der Waals surface area contributed by atoms with Gasteiger partial charge in [-0.1, -0.05) is 6.92 Å². The zero-order chi connectivity index (χ0) is 25.5. The molecule has 1 N–H and O–H groups in total. The van der Waals surface area contributed by atoms with Crippen LogP contribution in [0.15, 0.2) is 40.5 Å². The summed E-state index contributed by atoms with van der Waals surface area (Å²) in [6.07, 6.45) is 9.69. The van der Waals surface area contributed by atoms with Gasteiger partial charge in [0.2, 0.25) is 0 Å². The Labute approximate surface area is 219 Å². The SMILES string of the molecule is CCSc1ccc(CNc2nc3ncc(-c4c(C)ncnc4C4CC4)nc3n([C@@H](C)C3CC3)c2=O)nc1. The van der Waals surface area contributed by atoms with Crippen LogP contribution in [0.2, 0.25) is 0 Å². The molecule has 0 spiro atoms. The van der Waals surface area contributed by atoms with Gasteiger partial charge in [-0.15, -0.1) is 11.8 Å². The van der Waals surface area contributed by atoms with Gasteiger partial charge in [-0.25, -0.2) is 24.9 Å². The van der Waals surface area contributed by atoms with Gasteiger partial charge in [-0.05, 0) is 63.3 Å². The lowest BCUT2D eigenvalue weighted by atomic mass is 10.1. The third kappa shape index (κ3) is 4.82. The monoisotopic (exact) mass is 514 g/mol. The van der Waals surface area contributed by atoms with Gasteiger partial charge in [0.05, 0.1) is 35.5 Å². The van der Waals surface area contributed by atoms with Crippen molar-refractivity contribution in [3.63, 3.8) is 0 Å². The largest absolute Gasteiger partial charge is 0.360 e. The van der Waals surface area contributed by atoms with E-state index in [1.807, 2.05) is 19.2 Å². The molecule has 6 rings (SSSR count). The van der Waals surface area contributed by atoms with Crippen molar-refractivity contribution in [1.82, 2.24) is 34.5 Å². The third-order valence-electron chi connectivity index (χ3n) is 7.15. The standard InChI is InChI=1S/C27H30N8OS/c1-4-37-20-10-9-19(28-12-20)11-29-25-27(36)35(16(3)17-5-6-17)26-24(34-25)30-13-21(33-26)22-15(2)31-14-32-23(22)18-7-8-18/h9-10,12-14,16-18H,4-8,11H2,1-3H3,(H,29,30,34)/t16-/m0/s1. The number of fused-ring (bicyclic) bond motifs is 1. The second-order valence-electron chi connectivity index (χ2n) is 9.88. The summed E-state index contributed by atoms with van der Waals surface area (Å²) in [6, 6.07) is 4.03. The molecule has 0 aliphatic heterocycles. The second-order valence-corrected chi connectivity index (χ2v) is 11.2. The molecule has 2 saturated carbocycles. The van der Waals surface area contributed by atoms with Crippen LogP contribution in [0.5, 0.6) is 0 Å². The molecule has 10 heteroatoms. The van der Waals surface area contributed by atoms with Crippen molar-refractivity contribution in [3.8, 4) is 11.3 Å². The summed E-state index contributed by atoms with van der Waals surface area (Å²) >= 11 is 1.75. The van der Waals surface area contributed by atoms with E-state index in [1.165, 1.54) is 0 Å². The highest BCUT2D eigenvalue weighted by molar-refractivity contribution is 7.99. The first-order valence-corrected chi connectivity index (χ1v) is 13.9. The van der Waals surface area contributed by atoms with Crippen molar-refractivity contribution >= 4 is 28.9 Å². The minimum Gasteiger partial charge on any atom is -0.360 e. The first-order chi connectivity index (χ1) is 18.0. The topological polar surface area (TPSA) is 111 Å². The molecule has 190 valence electrons. The quantitative estimate of drug-likeness (QED) is 0.311. The molecule has 0 unspecified atom stereocenters. The maximum absolute atomic E-state index is 13.7. The molecule has 2 aliphatic rings. The average Bonchev–Trinajstić information content (AvgIpc) is 3.82. The fourth-order valence-electron chi connectivity index (χ4n) is 4.80. The normalized spacial score (nSPS) is 16.2. The van der Waals surface area contributed by atoms with Crippen LogP contribution in [-0.4, -0.2) is 40.2 Å². The molecule has 1 atom stereocenters. The van der Waals surface area contributed by atoms with Crippen LogP contribution in [-0.2, 0) is 6.54 Å². The maximum atomic E-state index is 13.7. The number of rotatable bonds is 9. The van der Waals surface area contributed by atoms with Crippen molar-refractivity contribution in [2.45, 2.75) is 69.9 Å². The average molecular weight is 515 g/mol. The van der Waals surface area contributed by atoms with Crippen molar-refractivity contribution in [3.05, 3.63) is 58.3 Å². The lowest BCUT2D eigenvalue weighted by molar-refractivity contribution is 0.482. The molecule has 9 nitrogen and oxygen atoms in total. The number of hydrogen-bond acceptors (Lipinski definition) is 9. The molecule has 0 saturated heterocycles. The van der Waals surface area contributed by atoms with E-state index in [4.69, 9.17) is 4.98 Å². The lowest BCUT2D eigenvalue weighted by Crippen LogP contribution is -2.29. The Kier molecular flexibility index (Phi) is 6.36.